The van der Waals surface area contributed by atoms with E-state index in [1.165, 1.54) is 10.7 Å². The number of nitrogens with two attached hydrogens (primary N) is 1. The van der Waals surface area contributed by atoms with Crippen LogP contribution >= 0.6 is 0 Å². The van der Waals surface area contributed by atoms with Crippen molar-refractivity contribution in [2.75, 3.05) is 0 Å². The largest absolute Gasteiger partial charge is 0.323 e. The molecule has 88 valence electrons. The molecule has 1 aromatic carbocycles. The molecule has 0 radical (unpaired) electrons. The van der Waals surface area contributed by atoms with Crippen molar-refractivity contribution in [2.24, 2.45) is 5.73 Å². The summed E-state index contributed by atoms with van der Waals surface area (Å²) in [6.45, 7) is 1.77. The Kier molecular flexibility index (Phi) is 2.84. The monoisotopic (exact) mass is 233 g/mol. The second-order valence-electron chi connectivity index (χ2n) is 3.62. The van der Waals surface area contributed by atoms with Gasteiger partial charge in [0.2, 0.25) is 0 Å². The second kappa shape index (κ2) is 4.30. The lowest BCUT2D eigenvalue weighted by Gasteiger charge is -2.01. The fourth-order valence-electron chi connectivity index (χ4n) is 1.42. The molecule has 0 aliphatic rings. The normalized spacial score (nSPS) is 12.4. The van der Waals surface area contributed by atoms with Gasteiger partial charge in [0.05, 0.1) is 16.8 Å². The van der Waals surface area contributed by atoms with Crippen LogP contribution in [-0.4, -0.2) is 19.9 Å². The predicted molar refractivity (Wildman–Crippen MR) is 60.6 cm³/mol. The van der Waals surface area contributed by atoms with Crippen LogP contribution in [0.1, 0.15) is 18.7 Å². The zero-order valence-electron chi connectivity index (χ0n) is 9.15. The van der Waals surface area contributed by atoms with E-state index in [9.17, 15) is 10.1 Å². The van der Waals surface area contributed by atoms with Crippen LogP contribution in [0.5, 0.6) is 0 Å². The summed E-state index contributed by atoms with van der Waals surface area (Å²) in [5.41, 5.74) is 6.59. The highest BCUT2D eigenvalue weighted by molar-refractivity contribution is 5.51. The van der Waals surface area contributed by atoms with Gasteiger partial charge >= 0.3 is 0 Å². The minimum absolute atomic E-state index is 0.0198. The van der Waals surface area contributed by atoms with E-state index in [0.717, 1.165) is 0 Å². The summed E-state index contributed by atoms with van der Waals surface area (Å²) in [6, 6.07) is 6.08. The van der Waals surface area contributed by atoms with Crippen molar-refractivity contribution in [3.05, 3.63) is 46.3 Å². The molecule has 1 unspecified atom stereocenters. The average molecular weight is 233 g/mol. The molecule has 2 rings (SSSR count). The van der Waals surface area contributed by atoms with Gasteiger partial charge in [-0.2, -0.15) is 0 Å². The number of nitro benzene ring substituents is 1. The number of hydrogen-bond donors (Lipinski definition) is 1. The Morgan fingerprint density at radius 1 is 1.47 bits per heavy atom. The third kappa shape index (κ3) is 2.13. The van der Waals surface area contributed by atoms with Gasteiger partial charge < -0.3 is 5.73 Å². The van der Waals surface area contributed by atoms with Crippen LogP contribution in [0.4, 0.5) is 5.69 Å². The van der Waals surface area contributed by atoms with Crippen LogP contribution in [0, 0.1) is 10.1 Å². The van der Waals surface area contributed by atoms with E-state index >= 15 is 0 Å². The standard InChI is InChI=1S/C10H11N5O2/c1-7(11)8-6-14(13-12-8)9-4-2-3-5-10(9)15(16)17/h2-7H,11H2,1H3. The van der Waals surface area contributed by atoms with Crippen molar-refractivity contribution in [1.82, 2.24) is 15.0 Å². The summed E-state index contributed by atoms with van der Waals surface area (Å²) in [4.78, 5) is 10.4. The van der Waals surface area contributed by atoms with E-state index in [1.54, 1.807) is 31.3 Å². The lowest BCUT2D eigenvalue weighted by atomic mass is 10.2. The molecule has 0 aliphatic carbocycles. The average Bonchev–Trinajstić information content (AvgIpc) is 2.78. The highest BCUT2D eigenvalue weighted by atomic mass is 16.6. The zero-order valence-corrected chi connectivity index (χ0v) is 9.15. The summed E-state index contributed by atoms with van der Waals surface area (Å²) < 4.78 is 1.36. The van der Waals surface area contributed by atoms with Gasteiger partial charge in [-0.3, -0.25) is 10.1 Å². The van der Waals surface area contributed by atoms with Gasteiger partial charge in [-0.05, 0) is 13.0 Å². The maximum absolute atomic E-state index is 10.9. The van der Waals surface area contributed by atoms with Crippen molar-refractivity contribution in [2.45, 2.75) is 13.0 Å². The maximum Gasteiger partial charge on any atom is 0.294 e. The summed E-state index contributed by atoms with van der Waals surface area (Å²) in [5.74, 6) is 0. The quantitative estimate of drug-likeness (QED) is 0.634. The van der Waals surface area contributed by atoms with E-state index in [2.05, 4.69) is 10.3 Å². The fraction of sp³-hybridized carbons (Fsp3) is 0.200. The Morgan fingerprint density at radius 2 is 2.18 bits per heavy atom. The summed E-state index contributed by atoms with van der Waals surface area (Å²) in [5, 5.41) is 18.5. The number of hydrogen-bond acceptors (Lipinski definition) is 5. The molecule has 7 nitrogen and oxygen atoms in total. The lowest BCUT2D eigenvalue weighted by molar-refractivity contribution is -0.384. The van der Waals surface area contributed by atoms with E-state index in [-0.39, 0.29) is 11.7 Å². The van der Waals surface area contributed by atoms with Crippen LogP contribution in [0.25, 0.3) is 5.69 Å². The van der Waals surface area contributed by atoms with Crippen LogP contribution in [-0.2, 0) is 0 Å². The molecule has 0 aliphatic heterocycles. The van der Waals surface area contributed by atoms with Crippen LogP contribution in [0.3, 0.4) is 0 Å². The van der Waals surface area contributed by atoms with Crippen LogP contribution in [0.15, 0.2) is 30.5 Å². The molecule has 0 spiro atoms. The van der Waals surface area contributed by atoms with Gasteiger partial charge in [-0.15, -0.1) is 5.10 Å². The molecule has 1 atom stereocenters. The van der Waals surface area contributed by atoms with E-state index in [1.807, 2.05) is 0 Å². The number of nitro groups is 1. The molecule has 0 saturated heterocycles. The highest BCUT2D eigenvalue weighted by Gasteiger charge is 2.16. The molecule has 2 N–H and O–H groups in total. The molecule has 7 heteroatoms. The Bertz CT molecular complexity index is 549. The first-order valence-electron chi connectivity index (χ1n) is 5.01. The van der Waals surface area contributed by atoms with E-state index in [4.69, 9.17) is 5.73 Å². The van der Waals surface area contributed by atoms with Gasteiger partial charge in [0.25, 0.3) is 5.69 Å². The van der Waals surface area contributed by atoms with E-state index in [0.29, 0.717) is 11.4 Å². The number of benzene rings is 1. The van der Waals surface area contributed by atoms with Crippen molar-refractivity contribution >= 4 is 5.69 Å². The summed E-state index contributed by atoms with van der Waals surface area (Å²) in [6.07, 6.45) is 1.59. The number of aromatic nitrogens is 3. The smallest absolute Gasteiger partial charge is 0.294 e. The van der Waals surface area contributed by atoms with Gasteiger partial charge in [-0.25, -0.2) is 4.68 Å². The second-order valence-corrected chi connectivity index (χ2v) is 3.62. The lowest BCUT2D eigenvalue weighted by Crippen LogP contribution is -2.05. The molecule has 2 aromatic rings. The number of para-hydroxylation sites is 2. The Labute approximate surface area is 97.0 Å². The number of rotatable bonds is 3. The molecule has 0 bridgehead atoms. The SMILES string of the molecule is CC(N)c1cn(-c2ccccc2[N+](=O)[O-])nn1. The summed E-state index contributed by atoms with van der Waals surface area (Å²) in [7, 11) is 0. The minimum Gasteiger partial charge on any atom is -0.323 e. The highest BCUT2D eigenvalue weighted by Crippen LogP contribution is 2.21. The first kappa shape index (κ1) is 11.2. The van der Waals surface area contributed by atoms with Crippen LogP contribution < -0.4 is 5.73 Å². The first-order chi connectivity index (χ1) is 8.09. The predicted octanol–water partition coefficient (Wildman–Crippen LogP) is 1.20. The molecule has 17 heavy (non-hydrogen) atoms. The molecule has 1 aromatic heterocycles. The molecule has 0 amide bonds. The molecular weight excluding hydrogens is 222 g/mol. The Hall–Kier alpha value is -2.28. The zero-order chi connectivity index (χ0) is 12.4. The topological polar surface area (TPSA) is 99.9 Å². The van der Waals surface area contributed by atoms with Gasteiger partial charge in [0.1, 0.15) is 5.69 Å². The summed E-state index contributed by atoms with van der Waals surface area (Å²) >= 11 is 0. The molecular formula is C10H11N5O2. The third-order valence-corrected chi connectivity index (χ3v) is 2.30. The minimum atomic E-state index is -0.456. The molecule has 1 heterocycles. The van der Waals surface area contributed by atoms with Crippen LogP contribution in [0.2, 0.25) is 0 Å². The first-order valence-corrected chi connectivity index (χ1v) is 5.01. The Morgan fingerprint density at radius 3 is 2.76 bits per heavy atom. The van der Waals surface area contributed by atoms with Gasteiger partial charge in [0.15, 0.2) is 0 Å². The van der Waals surface area contributed by atoms with Crippen molar-refractivity contribution < 1.29 is 4.92 Å². The van der Waals surface area contributed by atoms with Gasteiger partial charge in [-0.1, -0.05) is 17.3 Å². The Balaban J connectivity index is 2.49. The van der Waals surface area contributed by atoms with Crippen molar-refractivity contribution in [3.63, 3.8) is 0 Å². The number of nitrogens with zero attached hydrogens (tertiary/aromatic N) is 4. The van der Waals surface area contributed by atoms with E-state index < -0.39 is 4.92 Å². The fourth-order valence-corrected chi connectivity index (χ4v) is 1.42. The maximum atomic E-state index is 10.9. The van der Waals surface area contributed by atoms with Gasteiger partial charge in [0, 0.05) is 12.1 Å². The molecule has 0 fully saturated rings. The van der Waals surface area contributed by atoms with Crippen molar-refractivity contribution in [3.8, 4) is 5.69 Å². The molecule has 0 saturated carbocycles. The third-order valence-electron chi connectivity index (χ3n) is 2.30. The van der Waals surface area contributed by atoms with Crippen molar-refractivity contribution in [1.29, 1.82) is 0 Å².